The summed E-state index contributed by atoms with van der Waals surface area (Å²) in [5.41, 5.74) is 0.229. The van der Waals surface area contributed by atoms with Gasteiger partial charge in [-0.2, -0.15) is 0 Å². The van der Waals surface area contributed by atoms with Crippen molar-refractivity contribution >= 4 is 0 Å². The van der Waals surface area contributed by atoms with Crippen LogP contribution in [0.4, 0.5) is 0 Å². The summed E-state index contributed by atoms with van der Waals surface area (Å²) in [6.07, 6.45) is 3.84. The van der Waals surface area contributed by atoms with Crippen LogP contribution in [0.3, 0.4) is 0 Å². The fraction of sp³-hybridized carbons (Fsp3) is 1.00. The molecule has 1 aliphatic heterocycles. The Labute approximate surface area is 93.5 Å². The standard InChI is InChI=1S/C12H25NO2/c1-4-12(2,3)13-7-9-14-10-11-6-5-8-15-11/h11,13H,4-10H2,1-3H3. The average Bonchev–Trinajstić information content (AvgIpc) is 2.70. The molecule has 0 aromatic rings. The zero-order chi connectivity index (χ0) is 11.1. The largest absolute Gasteiger partial charge is 0.377 e. The third kappa shape index (κ3) is 5.50. The van der Waals surface area contributed by atoms with Crippen molar-refractivity contribution in [1.82, 2.24) is 5.32 Å². The molecular formula is C12H25NO2. The Morgan fingerprint density at radius 3 is 2.87 bits per heavy atom. The lowest BCUT2D eigenvalue weighted by Crippen LogP contribution is -2.40. The first-order valence-corrected chi connectivity index (χ1v) is 6.08. The summed E-state index contributed by atoms with van der Waals surface area (Å²) >= 11 is 0. The SMILES string of the molecule is CCC(C)(C)NCCOCC1CCCO1. The van der Waals surface area contributed by atoms with Gasteiger partial charge < -0.3 is 14.8 Å². The molecule has 0 aromatic carbocycles. The smallest absolute Gasteiger partial charge is 0.0809 e. The fourth-order valence-electron chi connectivity index (χ4n) is 1.58. The molecular weight excluding hydrogens is 190 g/mol. The van der Waals surface area contributed by atoms with Crippen molar-refractivity contribution in [3.8, 4) is 0 Å². The molecule has 1 fully saturated rings. The summed E-state index contributed by atoms with van der Waals surface area (Å²) in [7, 11) is 0. The number of hydrogen-bond acceptors (Lipinski definition) is 3. The lowest BCUT2D eigenvalue weighted by molar-refractivity contribution is 0.0171. The van der Waals surface area contributed by atoms with Crippen molar-refractivity contribution < 1.29 is 9.47 Å². The van der Waals surface area contributed by atoms with E-state index in [9.17, 15) is 0 Å². The van der Waals surface area contributed by atoms with E-state index in [1.54, 1.807) is 0 Å². The van der Waals surface area contributed by atoms with Crippen LogP contribution < -0.4 is 5.32 Å². The van der Waals surface area contributed by atoms with Crippen molar-refractivity contribution in [2.24, 2.45) is 0 Å². The van der Waals surface area contributed by atoms with Gasteiger partial charge in [0.2, 0.25) is 0 Å². The van der Waals surface area contributed by atoms with Crippen LogP contribution in [0.2, 0.25) is 0 Å². The maximum Gasteiger partial charge on any atom is 0.0809 e. The molecule has 3 nitrogen and oxygen atoms in total. The number of rotatable bonds is 7. The Kier molecular flexibility index (Phi) is 5.58. The van der Waals surface area contributed by atoms with Gasteiger partial charge in [0.1, 0.15) is 0 Å². The Morgan fingerprint density at radius 1 is 1.47 bits per heavy atom. The zero-order valence-electron chi connectivity index (χ0n) is 10.3. The molecule has 1 unspecified atom stereocenters. The van der Waals surface area contributed by atoms with Gasteiger partial charge in [0.25, 0.3) is 0 Å². The molecule has 1 atom stereocenters. The topological polar surface area (TPSA) is 30.5 Å². The van der Waals surface area contributed by atoms with Gasteiger partial charge in [-0.05, 0) is 33.1 Å². The minimum Gasteiger partial charge on any atom is -0.377 e. The van der Waals surface area contributed by atoms with Gasteiger partial charge in [-0.3, -0.25) is 0 Å². The van der Waals surface area contributed by atoms with Gasteiger partial charge in [-0.25, -0.2) is 0 Å². The Bertz CT molecular complexity index is 165. The molecule has 1 heterocycles. The number of hydrogen-bond donors (Lipinski definition) is 1. The predicted octanol–water partition coefficient (Wildman–Crippen LogP) is 1.96. The first-order valence-electron chi connectivity index (χ1n) is 6.08. The Hall–Kier alpha value is -0.120. The van der Waals surface area contributed by atoms with Crippen molar-refractivity contribution in [3.05, 3.63) is 0 Å². The van der Waals surface area contributed by atoms with Crippen molar-refractivity contribution in [3.63, 3.8) is 0 Å². The van der Waals surface area contributed by atoms with Gasteiger partial charge in [0.05, 0.1) is 19.3 Å². The molecule has 0 aliphatic carbocycles. The van der Waals surface area contributed by atoms with Gasteiger partial charge in [0.15, 0.2) is 0 Å². The highest BCUT2D eigenvalue weighted by Crippen LogP contribution is 2.11. The van der Waals surface area contributed by atoms with E-state index in [1.165, 1.54) is 6.42 Å². The summed E-state index contributed by atoms with van der Waals surface area (Å²) in [6, 6.07) is 0. The first kappa shape index (κ1) is 12.9. The van der Waals surface area contributed by atoms with E-state index in [0.29, 0.717) is 6.10 Å². The molecule has 15 heavy (non-hydrogen) atoms. The summed E-state index contributed by atoms with van der Waals surface area (Å²) in [4.78, 5) is 0. The van der Waals surface area contributed by atoms with E-state index in [2.05, 4.69) is 26.1 Å². The third-order valence-corrected chi connectivity index (χ3v) is 3.06. The highest BCUT2D eigenvalue weighted by Gasteiger charge is 2.16. The summed E-state index contributed by atoms with van der Waals surface area (Å²) in [5.74, 6) is 0. The van der Waals surface area contributed by atoms with Crippen LogP contribution in [-0.4, -0.2) is 38.0 Å². The molecule has 0 amide bonds. The first-order chi connectivity index (χ1) is 7.14. The van der Waals surface area contributed by atoms with Crippen molar-refractivity contribution in [2.75, 3.05) is 26.4 Å². The van der Waals surface area contributed by atoms with Gasteiger partial charge in [0, 0.05) is 18.7 Å². The van der Waals surface area contributed by atoms with Crippen LogP contribution in [0.25, 0.3) is 0 Å². The maximum absolute atomic E-state index is 5.57. The van der Waals surface area contributed by atoms with E-state index in [0.717, 1.165) is 39.2 Å². The fourth-order valence-corrected chi connectivity index (χ4v) is 1.58. The molecule has 90 valence electrons. The second-order valence-corrected chi connectivity index (χ2v) is 4.87. The molecule has 0 aromatic heterocycles. The van der Waals surface area contributed by atoms with Crippen LogP contribution in [0.15, 0.2) is 0 Å². The quantitative estimate of drug-likeness (QED) is 0.659. The molecule has 0 bridgehead atoms. The number of nitrogens with one attached hydrogen (secondary N) is 1. The molecule has 0 saturated carbocycles. The lowest BCUT2D eigenvalue weighted by atomic mass is 10.0. The molecule has 3 heteroatoms. The molecule has 1 saturated heterocycles. The maximum atomic E-state index is 5.57. The highest BCUT2D eigenvalue weighted by atomic mass is 16.5. The lowest BCUT2D eigenvalue weighted by Gasteiger charge is -2.24. The van der Waals surface area contributed by atoms with Crippen LogP contribution in [0, 0.1) is 0 Å². The van der Waals surface area contributed by atoms with Gasteiger partial charge in [-0.15, -0.1) is 0 Å². The zero-order valence-corrected chi connectivity index (χ0v) is 10.3. The Morgan fingerprint density at radius 2 is 2.27 bits per heavy atom. The van der Waals surface area contributed by atoms with Crippen LogP contribution >= 0.6 is 0 Å². The van der Waals surface area contributed by atoms with E-state index >= 15 is 0 Å². The molecule has 1 N–H and O–H groups in total. The molecule has 1 aliphatic rings. The van der Waals surface area contributed by atoms with Gasteiger partial charge in [-0.1, -0.05) is 6.92 Å². The van der Waals surface area contributed by atoms with E-state index in [1.807, 2.05) is 0 Å². The minimum absolute atomic E-state index is 0.229. The van der Waals surface area contributed by atoms with Crippen LogP contribution in [0.5, 0.6) is 0 Å². The van der Waals surface area contributed by atoms with Crippen LogP contribution in [0.1, 0.15) is 40.0 Å². The third-order valence-electron chi connectivity index (χ3n) is 3.06. The van der Waals surface area contributed by atoms with E-state index in [-0.39, 0.29) is 5.54 Å². The predicted molar refractivity (Wildman–Crippen MR) is 62.2 cm³/mol. The van der Waals surface area contributed by atoms with Crippen LogP contribution in [-0.2, 0) is 9.47 Å². The summed E-state index contributed by atoms with van der Waals surface area (Å²) in [5, 5.41) is 3.47. The van der Waals surface area contributed by atoms with E-state index < -0.39 is 0 Å². The molecule has 0 radical (unpaired) electrons. The van der Waals surface area contributed by atoms with Crippen molar-refractivity contribution in [2.45, 2.75) is 51.7 Å². The van der Waals surface area contributed by atoms with E-state index in [4.69, 9.17) is 9.47 Å². The second-order valence-electron chi connectivity index (χ2n) is 4.87. The minimum atomic E-state index is 0.229. The monoisotopic (exact) mass is 215 g/mol. The second kappa shape index (κ2) is 6.46. The molecule has 1 rings (SSSR count). The summed E-state index contributed by atoms with van der Waals surface area (Å²) < 4.78 is 11.0. The normalized spacial score (nSPS) is 22.2. The summed E-state index contributed by atoms with van der Waals surface area (Å²) in [6.45, 7) is 10.0. The number of ether oxygens (including phenoxy) is 2. The molecule has 0 spiro atoms. The van der Waals surface area contributed by atoms with Gasteiger partial charge >= 0.3 is 0 Å². The Balaban J connectivity index is 1.92. The average molecular weight is 215 g/mol. The van der Waals surface area contributed by atoms with Crippen molar-refractivity contribution in [1.29, 1.82) is 0 Å². The highest BCUT2D eigenvalue weighted by molar-refractivity contribution is 4.74.